The topological polar surface area (TPSA) is 55.9 Å². The molecule has 2 aliphatic heterocycles. The molecule has 0 atom stereocenters. The molecule has 2 fully saturated rings. The zero-order valence-electron chi connectivity index (χ0n) is 13.9. The van der Waals surface area contributed by atoms with E-state index in [1.165, 1.54) is 12.8 Å². The van der Waals surface area contributed by atoms with Crippen molar-refractivity contribution in [2.75, 3.05) is 59.4 Å². The normalized spacial score (nSPS) is 20.8. The maximum absolute atomic E-state index is 12.4. The Hall–Kier alpha value is -1.14. The van der Waals surface area contributed by atoms with Crippen LogP contribution in [0.15, 0.2) is 0 Å². The van der Waals surface area contributed by atoms with Crippen LogP contribution in [0.4, 0.5) is 0 Å². The molecule has 2 aliphatic rings. The molecular formula is C16H30N4O2. The van der Waals surface area contributed by atoms with Gasteiger partial charge in [0.1, 0.15) is 0 Å². The van der Waals surface area contributed by atoms with Gasteiger partial charge in [0.2, 0.25) is 11.8 Å². The minimum atomic E-state index is 0.216. The third-order valence-corrected chi connectivity index (χ3v) is 4.63. The number of likely N-dealkylation sites (tertiary alicyclic amines) is 1. The third-order valence-electron chi connectivity index (χ3n) is 4.63. The summed E-state index contributed by atoms with van der Waals surface area (Å²) in [6.07, 6.45) is 5.33. The number of piperazine rings is 1. The van der Waals surface area contributed by atoms with E-state index in [0.717, 1.165) is 58.7 Å². The summed E-state index contributed by atoms with van der Waals surface area (Å²) >= 11 is 0. The SMILES string of the molecule is CNCCC(=O)N1CCN(CC(=O)N2CCCCCC2)CC1. The maximum atomic E-state index is 12.4. The van der Waals surface area contributed by atoms with Gasteiger partial charge in [0.05, 0.1) is 6.54 Å². The first-order chi connectivity index (χ1) is 10.7. The Balaban J connectivity index is 1.70. The average molecular weight is 310 g/mol. The monoisotopic (exact) mass is 310 g/mol. The molecule has 0 aromatic carbocycles. The van der Waals surface area contributed by atoms with Gasteiger partial charge in [-0.25, -0.2) is 0 Å². The molecule has 0 aliphatic carbocycles. The summed E-state index contributed by atoms with van der Waals surface area (Å²) in [4.78, 5) is 30.5. The van der Waals surface area contributed by atoms with Crippen LogP contribution < -0.4 is 5.32 Å². The van der Waals surface area contributed by atoms with E-state index in [1.807, 2.05) is 16.8 Å². The highest BCUT2D eigenvalue weighted by atomic mass is 16.2. The zero-order valence-corrected chi connectivity index (χ0v) is 13.9. The molecule has 0 spiro atoms. The molecule has 2 amide bonds. The number of carbonyl (C=O) groups is 2. The van der Waals surface area contributed by atoms with Crippen LogP contribution in [-0.2, 0) is 9.59 Å². The van der Waals surface area contributed by atoms with Crippen LogP contribution in [-0.4, -0.2) is 85.9 Å². The highest BCUT2D eigenvalue weighted by molar-refractivity contribution is 5.78. The van der Waals surface area contributed by atoms with Crippen LogP contribution in [0.1, 0.15) is 32.1 Å². The lowest BCUT2D eigenvalue weighted by Crippen LogP contribution is -2.51. The van der Waals surface area contributed by atoms with Crippen LogP contribution in [0.5, 0.6) is 0 Å². The van der Waals surface area contributed by atoms with Gasteiger partial charge < -0.3 is 15.1 Å². The van der Waals surface area contributed by atoms with Crippen LogP contribution in [0, 0.1) is 0 Å². The van der Waals surface area contributed by atoms with Crippen molar-refractivity contribution in [3.63, 3.8) is 0 Å². The van der Waals surface area contributed by atoms with E-state index in [-0.39, 0.29) is 11.8 Å². The molecular weight excluding hydrogens is 280 g/mol. The molecule has 6 nitrogen and oxygen atoms in total. The third kappa shape index (κ3) is 5.25. The second-order valence-electron chi connectivity index (χ2n) is 6.31. The fourth-order valence-electron chi connectivity index (χ4n) is 3.16. The standard InChI is InChI=1S/C16H30N4O2/c1-17-7-6-15(21)20-12-10-18(11-13-20)14-16(22)19-8-4-2-3-5-9-19/h17H,2-14H2,1H3. The molecule has 1 N–H and O–H groups in total. The van der Waals surface area contributed by atoms with Gasteiger partial charge in [0, 0.05) is 52.2 Å². The minimum absolute atomic E-state index is 0.216. The number of nitrogens with zero attached hydrogens (tertiary/aromatic N) is 3. The lowest BCUT2D eigenvalue weighted by Gasteiger charge is -2.35. The molecule has 0 aromatic rings. The summed E-state index contributed by atoms with van der Waals surface area (Å²) < 4.78 is 0. The smallest absolute Gasteiger partial charge is 0.236 e. The lowest BCUT2D eigenvalue weighted by molar-refractivity contribution is -0.135. The van der Waals surface area contributed by atoms with Gasteiger partial charge in [-0.15, -0.1) is 0 Å². The fraction of sp³-hybridized carbons (Fsp3) is 0.875. The Labute approximate surface area is 133 Å². The minimum Gasteiger partial charge on any atom is -0.342 e. The van der Waals surface area contributed by atoms with Crippen molar-refractivity contribution in [2.24, 2.45) is 0 Å². The Morgan fingerprint density at radius 2 is 1.41 bits per heavy atom. The molecule has 0 radical (unpaired) electrons. The summed E-state index contributed by atoms with van der Waals surface area (Å²) in [5.41, 5.74) is 0. The van der Waals surface area contributed by atoms with E-state index in [9.17, 15) is 9.59 Å². The van der Waals surface area contributed by atoms with Gasteiger partial charge in [-0.1, -0.05) is 12.8 Å². The average Bonchev–Trinajstić information content (AvgIpc) is 2.82. The van der Waals surface area contributed by atoms with Crippen LogP contribution >= 0.6 is 0 Å². The van der Waals surface area contributed by atoms with Crippen molar-refractivity contribution in [1.82, 2.24) is 20.0 Å². The van der Waals surface area contributed by atoms with Gasteiger partial charge in [0.25, 0.3) is 0 Å². The van der Waals surface area contributed by atoms with Crippen molar-refractivity contribution in [3.8, 4) is 0 Å². The fourth-order valence-corrected chi connectivity index (χ4v) is 3.16. The van der Waals surface area contributed by atoms with E-state index in [2.05, 4.69) is 10.2 Å². The summed E-state index contributed by atoms with van der Waals surface area (Å²) in [6, 6.07) is 0. The number of rotatable bonds is 5. The van der Waals surface area contributed by atoms with E-state index in [4.69, 9.17) is 0 Å². The number of hydrogen-bond acceptors (Lipinski definition) is 4. The number of amides is 2. The predicted molar refractivity (Wildman–Crippen MR) is 86.6 cm³/mol. The predicted octanol–water partition coefficient (Wildman–Crippen LogP) is 0.143. The van der Waals surface area contributed by atoms with E-state index in [1.54, 1.807) is 0 Å². The van der Waals surface area contributed by atoms with Gasteiger partial charge in [-0.3, -0.25) is 14.5 Å². The van der Waals surface area contributed by atoms with E-state index in [0.29, 0.717) is 13.0 Å². The maximum Gasteiger partial charge on any atom is 0.236 e. The van der Waals surface area contributed by atoms with Crippen LogP contribution in [0.3, 0.4) is 0 Å². The molecule has 126 valence electrons. The quantitative estimate of drug-likeness (QED) is 0.785. The lowest BCUT2D eigenvalue weighted by atomic mass is 10.2. The zero-order chi connectivity index (χ0) is 15.8. The van der Waals surface area contributed by atoms with Gasteiger partial charge in [-0.05, 0) is 19.9 Å². The Morgan fingerprint density at radius 3 is 2.00 bits per heavy atom. The Bertz CT molecular complexity index is 359. The van der Waals surface area contributed by atoms with Gasteiger partial charge in [0.15, 0.2) is 0 Å². The van der Waals surface area contributed by atoms with Gasteiger partial charge in [-0.2, -0.15) is 0 Å². The molecule has 2 saturated heterocycles. The van der Waals surface area contributed by atoms with Crippen molar-refractivity contribution in [2.45, 2.75) is 32.1 Å². The molecule has 22 heavy (non-hydrogen) atoms. The van der Waals surface area contributed by atoms with Crippen molar-refractivity contribution >= 4 is 11.8 Å². The summed E-state index contributed by atoms with van der Waals surface area (Å²) in [6.45, 7) is 6.19. The van der Waals surface area contributed by atoms with E-state index < -0.39 is 0 Å². The van der Waals surface area contributed by atoms with Gasteiger partial charge >= 0.3 is 0 Å². The van der Waals surface area contributed by atoms with Crippen molar-refractivity contribution in [3.05, 3.63) is 0 Å². The first kappa shape index (κ1) is 17.2. The number of carbonyl (C=O) groups excluding carboxylic acids is 2. The number of nitrogens with one attached hydrogen (secondary N) is 1. The van der Waals surface area contributed by atoms with Crippen LogP contribution in [0.2, 0.25) is 0 Å². The molecule has 0 aromatic heterocycles. The highest BCUT2D eigenvalue weighted by Crippen LogP contribution is 2.11. The first-order valence-electron chi connectivity index (χ1n) is 8.63. The summed E-state index contributed by atoms with van der Waals surface area (Å²) in [5, 5.41) is 3.01. The van der Waals surface area contributed by atoms with E-state index >= 15 is 0 Å². The number of hydrogen-bond donors (Lipinski definition) is 1. The molecule has 2 rings (SSSR count). The molecule has 0 bridgehead atoms. The van der Waals surface area contributed by atoms with Crippen molar-refractivity contribution in [1.29, 1.82) is 0 Å². The van der Waals surface area contributed by atoms with Crippen molar-refractivity contribution < 1.29 is 9.59 Å². The second kappa shape index (κ2) is 9.10. The molecule has 0 unspecified atom stereocenters. The summed E-state index contributed by atoms with van der Waals surface area (Å²) in [5.74, 6) is 0.477. The largest absolute Gasteiger partial charge is 0.342 e. The summed E-state index contributed by atoms with van der Waals surface area (Å²) in [7, 11) is 1.86. The molecule has 6 heteroatoms. The second-order valence-corrected chi connectivity index (χ2v) is 6.31. The molecule has 0 saturated carbocycles. The molecule has 2 heterocycles. The highest BCUT2D eigenvalue weighted by Gasteiger charge is 2.24. The first-order valence-corrected chi connectivity index (χ1v) is 8.63. The van der Waals surface area contributed by atoms with Crippen LogP contribution in [0.25, 0.3) is 0 Å². The Morgan fingerprint density at radius 1 is 0.818 bits per heavy atom. The Kier molecular flexibility index (Phi) is 7.12.